The van der Waals surface area contributed by atoms with Gasteiger partial charge in [-0.3, -0.25) is 0 Å². The van der Waals surface area contributed by atoms with Crippen molar-refractivity contribution in [3.05, 3.63) is 29.3 Å². The van der Waals surface area contributed by atoms with Crippen LogP contribution in [-0.4, -0.2) is 19.7 Å². The van der Waals surface area contributed by atoms with Crippen LogP contribution in [0.1, 0.15) is 50.2 Å². The first kappa shape index (κ1) is 13.9. The molecular formula is C18H27NO. The molecule has 1 aliphatic carbocycles. The average Bonchev–Trinajstić information content (AvgIpc) is 3.08. The van der Waals surface area contributed by atoms with Crippen molar-refractivity contribution in [1.82, 2.24) is 5.32 Å². The molecular weight excluding hydrogens is 246 g/mol. The number of nitrogens with one attached hydrogen (secondary N) is 1. The summed E-state index contributed by atoms with van der Waals surface area (Å²) < 4.78 is 5.59. The van der Waals surface area contributed by atoms with E-state index in [2.05, 4.69) is 37.5 Å². The van der Waals surface area contributed by atoms with Crippen molar-refractivity contribution in [3.63, 3.8) is 0 Å². The maximum Gasteiger partial charge on any atom is 0.122 e. The molecule has 1 aromatic rings. The molecule has 2 nitrogen and oxygen atoms in total. The van der Waals surface area contributed by atoms with E-state index in [1.807, 2.05) is 0 Å². The molecule has 2 heteroatoms. The summed E-state index contributed by atoms with van der Waals surface area (Å²) in [6.07, 6.45) is 9.08. The molecule has 1 aromatic carbocycles. The topological polar surface area (TPSA) is 21.3 Å². The number of benzene rings is 1. The highest BCUT2D eigenvalue weighted by Crippen LogP contribution is 2.41. The van der Waals surface area contributed by atoms with Crippen LogP contribution in [-0.2, 0) is 12.8 Å². The van der Waals surface area contributed by atoms with Gasteiger partial charge in [-0.2, -0.15) is 0 Å². The van der Waals surface area contributed by atoms with Crippen molar-refractivity contribution in [1.29, 1.82) is 0 Å². The number of fused-ring (bicyclic) bond motifs is 1. The monoisotopic (exact) mass is 273 g/mol. The first-order valence-electron chi connectivity index (χ1n) is 8.13. The minimum absolute atomic E-state index is 0.509. The van der Waals surface area contributed by atoms with Crippen LogP contribution in [0.15, 0.2) is 18.2 Å². The minimum atomic E-state index is 0.509. The molecule has 1 saturated carbocycles. The maximum atomic E-state index is 5.59. The van der Waals surface area contributed by atoms with Gasteiger partial charge in [0.05, 0.1) is 6.61 Å². The second kappa shape index (κ2) is 5.77. The van der Waals surface area contributed by atoms with E-state index in [4.69, 9.17) is 4.74 Å². The summed E-state index contributed by atoms with van der Waals surface area (Å²) in [4.78, 5) is 0. The molecule has 1 heterocycles. The second-order valence-electron chi connectivity index (χ2n) is 6.78. The number of aryl methyl sites for hydroxylation is 1. The largest absolute Gasteiger partial charge is 0.493 e. The maximum absolute atomic E-state index is 5.59. The standard InChI is InChI=1S/C18H27NO/c1-18(10-3-4-11-18)17(19-2)8-6-14-5-7-16-15(13-14)9-12-20-16/h5,7,13,17,19H,3-4,6,8-12H2,1-2H3. The van der Waals surface area contributed by atoms with Gasteiger partial charge in [0.1, 0.15) is 5.75 Å². The highest BCUT2D eigenvalue weighted by atomic mass is 16.5. The zero-order valence-electron chi connectivity index (χ0n) is 12.9. The molecule has 0 bridgehead atoms. The molecule has 0 aromatic heterocycles. The van der Waals surface area contributed by atoms with Gasteiger partial charge < -0.3 is 10.1 Å². The van der Waals surface area contributed by atoms with Crippen molar-refractivity contribution in [2.24, 2.45) is 5.41 Å². The smallest absolute Gasteiger partial charge is 0.122 e. The number of rotatable bonds is 5. The van der Waals surface area contributed by atoms with E-state index in [0.717, 1.165) is 18.8 Å². The molecule has 0 spiro atoms. The van der Waals surface area contributed by atoms with E-state index in [1.54, 1.807) is 0 Å². The minimum Gasteiger partial charge on any atom is -0.493 e. The van der Waals surface area contributed by atoms with Crippen LogP contribution in [0.2, 0.25) is 0 Å². The van der Waals surface area contributed by atoms with E-state index in [1.165, 1.54) is 49.7 Å². The summed E-state index contributed by atoms with van der Waals surface area (Å²) in [5.74, 6) is 1.10. The fraction of sp³-hybridized carbons (Fsp3) is 0.667. The average molecular weight is 273 g/mol. The Morgan fingerprint density at radius 1 is 1.30 bits per heavy atom. The summed E-state index contributed by atoms with van der Waals surface area (Å²) in [5.41, 5.74) is 3.38. The van der Waals surface area contributed by atoms with Gasteiger partial charge in [0.2, 0.25) is 0 Å². The quantitative estimate of drug-likeness (QED) is 0.883. The predicted octanol–water partition coefficient (Wildman–Crippen LogP) is 3.72. The molecule has 110 valence electrons. The SMILES string of the molecule is CNC(CCc1ccc2c(c1)CCO2)C1(C)CCCC1. The fourth-order valence-corrected chi connectivity index (χ4v) is 4.08. The summed E-state index contributed by atoms with van der Waals surface area (Å²) in [6.45, 7) is 3.33. The molecule has 0 radical (unpaired) electrons. The van der Waals surface area contributed by atoms with Gasteiger partial charge in [0.25, 0.3) is 0 Å². The lowest BCUT2D eigenvalue weighted by Gasteiger charge is -2.34. The summed E-state index contributed by atoms with van der Waals surface area (Å²) in [5, 5.41) is 3.58. The Morgan fingerprint density at radius 3 is 2.85 bits per heavy atom. The third-order valence-corrected chi connectivity index (χ3v) is 5.41. The van der Waals surface area contributed by atoms with Crippen molar-refractivity contribution in [2.75, 3.05) is 13.7 Å². The van der Waals surface area contributed by atoms with Crippen molar-refractivity contribution in [3.8, 4) is 5.75 Å². The zero-order chi connectivity index (χ0) is 14.0. The molecule has 20 heavy (non-hydrogen) atoms. The summed E-state index contributed by atoms with van der Waals surface area (Å²) in [7, 11) is 2.13. The summed E-state index contributed by atoms with van der Waals surface area (Å²) in [6, 6.07) is 7.40. The number of hydrogen-bond acceptors (Lipinski definition) is 2. The van der Waals surface area contributed by atoms with Gasteiger partial charge in [-0.1, -0.05) is 31.9 Å². The van der Waals surface area contributed by atoms with Crippen LogP contribution in [0.5, 0.6) is 5.75 Å². The van der Waals surface area contributed by atoms with E-state index in [-0.39, 0.29) is 0 Å². The third-order valence-electron chi connectivity index (χ3n) is 5.41. The Bertz CT molecular complexity index is 462. The van der Waals surface area contributed by atoms with Gasteiger partial charge >= 0.3 is 0 Å². The molecule has 1 fully saturated rings. The zero-order valence-corrected chi connectivity index (χ0v) is 12.9. The first-order valence-corrected chi connectivity index (χ1v) is 8.13. The third kappa shape index (κ3) is 2.71. The lowest BCUT2D eigenvalue weighted by atomic mass is 9.78. The molecule has 0 saturated heterocycles. The Labute approximate surface area is 122 Å². The van der Waals surface area contributed by atoms with E-state index in [9.17, 15) is 0 Å². The van der Waals surface area contributed by atoms with Gasteiger partial charge in [-0.15, -0.1) is 0 Å². The Hall–Kier alpha value is -1.02. The van der Waals surface area contributed by atoms with Gasteiger partial charge in [0, 0.05) is 12.5 Å². The molecule has 3 rings (SSSR count). The number of ether oxygens (including phenoxy) is 1. The van der Waals surface area contributed by atoms with Crippen LogP contribution in [0.3, 0.4) is 0 Å². The van der Waals surface area contributed by atoms with Crippen LogP contribution >= 0.6 is 0 Å². The van der Waals surface area contributed by atoms with Crippen molar-refractivity contribution >= 4 is 0 Å². The van der Waals surface area contributed by atoms with Crippen LogP contribution in [0, 0.1) is 5.41 Å². The molecule has 0 amide bonds. The van der Waals surface area contributed by atoms with Crippen molar-refractivity contribution < 1.29 is 4.74 Å². The Morgan fingerprint density at radius 2 is 2.10 bits per heavy atom. The lowest BCUT2D eigenvalue weighted by Crippen LogP contribution is -2.40. The van der Waals surface area contributed by atoms with Crippen LogP contribution in [0.25, 0.3) is 0 Å². The lowest BCUT2D eigenvalue weighted by molar-refractivity contribution is 0.220. The highest BCUT2D eigenvalue weighted by Gasteiger charge is 2.35. The molecule has 1 unspecified atom stereocenters. The Balaban J connectivity index is 1.63. The van der Waals surface area contributed by atoms with E-state index >= 15 is 0 Å². The van der Waals surface area contributed by atoms with Crippen LogP contribution in [0.4, 0.5) is 0 Å². The predicted molar refractivity (Wildman–Crippen MR) is 83.4 cm³/mol. The second-order valence-corrected chi connectivity index (χ2v) is 6.78. The van der Waals surface area contributed by atoms with Gasteiger partial charge in [-0.05, 0) is 55.3 Å². The van der Waals surface area contributed by atoms with Crippen LogP contribution < -0.4 is 10.1 Å². The van der Waals surface area contributed by atoms with Gasteiger partial charge in [0.15, 0.2) is 0 Å². The molecule has 1 N–H and O–H groups in total. The molecule has 2 aliphatic rings. The highest BCUT2D eigenvalue weighted by molar-refractivity contribution is 5.39. The van der Waals surface area contributed by atoms with Crippen molar-refractivity contribution in [2.45, 2.75) is 57.9 Å². The molecule has 1 aliphatic heterocycles. The first-order chi connectivity index (χ1) is 9.71. The number of hydrogen-bond donors (Lipinski definition) is 1. The summed E-state index contributed by atoms with van der Waals surface area (Å²) >= 11 is 0. The molecule has 1 atom stereocenters. The Kier molecular flexibility index (Phi) is 4.02. The van der Waals surface area contributed by atoms with Gasteiger partial charge in [-0.25, -0.2) is 0 Å². The normalized spacial score (nSPS) is 21.5. The van der Waals surface area contributed by atoms with E-state index < -0.39 is 0 Å². The van der Waals surface area contributed by atoms with E-state index in [0.29, 0.717) is 11.5 Å². The fourth-order valence-electron chi connectivity index (χ4n) is 4.08.